The average molecular weight is 315 g/mol. The molecule has 0 N–H and O–H groups in total. The monoisotopic (exact) mass is 315 g/mol. The quantitative estimate of drug-likeness (QED) is 0.765. The van der Waals surface area contributed by atoms with Crippen molar-refractivity contribution < 1.29 is 17.9 Å². The lowest BCUT2D eigenvalue weighted by Gasteiger charge is -2.31. The maximum absolute atomic E-state index is 12.1. The molecule has 0 bridgehead atoms. The lowest BCUT2D eigenvalue weighted by atomic mass is 9.96. The highest BCUT2D eigenvalue weighted by molar-refractivity contribution is 7.91. The van der Waals surface area contributed by atoms with Gasteiger partial charge in [0.05, 0.1) is 18.8 Å². The average Bonchev–Trinajstić information content (AvgIpc) is 2.80. The van der Waals surface area contributed by atoms with E-state index in [0.717, 1.165) is 24.1 Å². The Kier molecular flexibility index (Phi) is 4.67. The van der Waals surface area contributed by atoms with E-state index < -0.39 is 15.6 Å². The van der Waals surface area contributed by atoms with Gasteiger partial charge in [-0.15, -0.1) is 0 Å². The third-order valence-electron chi connectivity index (χ3n) is 3.52. The van der Waals surface area contributed by atoms with Gasteiger partial charge in [-0.1, -0.05) is 0 Å². The van der Waals surface area contributed by atoms with Crippen molar-refractivity contribution in [2.75, 3.05) is 32.3 Å². The van der Waals surface area contributed by atoms with Crippen molar-refractivity contribution in [2.45, 2.75) is 25.9 Å². The Bertz CT molecular complexity index is 623. The molecule has 0 aromatic carbocycles. The molecular weight excluding hydrogens is 294 g/mol. The molecule has 1 aliphatic rings. The highest BCUT2D eigenvalue weighted by atomic mass is 32.2. The van der Waals surface area contributed by atoms with E-state index in [4.69, 9.17) is 4.74 Å². The number of amides is 1. The Hall–Kier alpha value is -1.41. The summed E-state index contributed by atoms with van der Waals surface area (Å²) in [6.45, 7) is 4.05. The molecule has 0 saturated carbocycles. The second kappa shape index (κ2) is 6.15. The molecular formula is C13H21N3O4S. The first-order chi connectivity index (χ1) is 9.84. The van der Waals surface area contributed by atoms with Gasteiger partial charge in [0, 0.05) is 44.1 Å². The van der Waals surface area contributed by atoms with E-state index in [0.29, 0.717) is 19.7 Å². The highest BCUT2D eigenvalue weighted by Crippen LogP contribution is 2.28. The van der Waals surface area contributed by atoms with Crippen molar-refractivity contribution in [3.05, 3.63) is 17.5 Å². The molecule has 0 radical (unpaired) electrons. The van der Waals surface area contributed by atoms with Crippen LogP contribution >= 0.6 is 0 Å². The molecule has 0 aliphatic carbocycles. The first-order valence-corrected chi connectivity index (χ1v) is 8.90. The van der Waals surface area contributed by atoms with Gasteiger partial charge in [0.25, 0.3) is 0 Å². The first-order valence-electron chi connectivity index (χ1n) is 6.84. The normalized spacial score (nSPS) is 18.6. The molecule has 7 nitrogen and oxygen atoms in total. The van der Waals surface area contributed by atoms with Crippen molar-refractivity contribution in [2.24, 2.45) is 0 Å². The van der Waals surface area contributed by atoms with Gasteiger partial charge >= 0.3 is 0 Å². The maximum Gasteiger partial charge on any atom is 0.238 e. The van der Waals surface area contributed by atoms with Crippen LogP contribution in [0.2, 0.25) is 0 Å². The molecule has 0 saturated heterocycles. The van der Waals surface area contributed by atoms with Gasteiger partial charge in [0.2, 0.25) is 5.91 Å². The van der Waals surface area contributed by atoms with Crippen molar-refractivity contribution in [3.63, 3.8) is 0 Å². The lowest BCUT2D eigenvalue weighted by Crippen LogP contribution is -2.41. The van der Waals surface area contributed by atoms with Gasteiger partial charge in [0.15, 0.2) is 9.84 Å². The molecule has 1 aromatic rings. The Labute approximate surface area is 124 Å². The minimum atomic E-state index is -3.33. The van der Waals surface area contributed by atoms with Crippen LogP contribution in [0.1, 0.15) is 24.1 Å². The van der Waals surface area contributed by atoms with E-state index in [9.17, 15) is 13.2 Å². The third-order valence-corrected chi connectivity index (χ3v) is 4.29. The molecule has 1 aliphatic heterocycles. The molecule has 118 valence electrons. The summed E-state index contributed by atoms with van der Waals surface area (Å²) in [5, 5.41) is 4.45. The van der Waals surface area contributed by atoms with Crippen molar-refractivity contribution in [1.82, 2.24) is 14.7 Å². The summed E-state index contributed by atoms with van der Waals surface area (Å²) in [6.07, 6.45) is 3.05. The SMILES string of the molecule is CCn1cc2c(n1)CN(C(=O)CS(C)(=O)=O)C[C@@H]2COC. The molecule has 2 heterocycles. The minimum absolute atomic E-state index is 0.0301. The van der Waals surface area contributed by atoms with Gasteiger partial charge in [-0.25, -0.2) is 8.42 Å². The number of rotatable bonds is 5. The molecule has 2 rings (SSSR count). The standard InChI is InChI=1S/C13H21N3O4S/c1-4-16-6-11-10(8-20-2)5-15(7-12(11)14-16)13(17)9-21(3,18)19/h6,10H,4-5,7-9H2,1-3H3/t10-/m1/s1. The Balaban J connectivity index is 2.23. The number of ether oxygens (including phenoxy) is 1. The van der Waals surface area contributed by atoms with E-state index in [1.165, 1.54) is 0 Å². The Morgan fingerprint density at radius 2 is 2.24 bits per heavy atom. The van der Waals surface area contributed by atoms with Crippen molar-refractivity contribution >= 4 is 15.7 Å². The smallest absolute Gasteiger partial charge is 0.238 e. The predicted molar refractivity (Wildman–Crippen MR) is 77.6 cm³/mol. The Morgan fingerprint density at radius 3 is 2.81 bits per heavy atom. The van der Waals surface area contributed by atoms with E-state index in [1.807, 2.05) is 17.8 Å². The number of sulfone groups is 1. The summed E-state index contributed by atoms with van der Waals surface area (Å²) >= 11 is 0. The van der Waals surface area contributed by atoms with Crippen LogP contribution in [-0.4, -0.2) is 61.3 Å². The highest BCUT2D eigenvalue weighted by Gasteiger charge is 2.31. The van der Waals surface area contributed by atoms with Crippen LogP contribution in [0.3, 0.4) is 0 Å². The lowest BCUT2D eigenvalue weighted by molar-refractivity contribution is -0.130. The third kappa shape index (κ3) is 3.82. The number of aryl methyl sites for hydroxylation is 1. The van der Waals surface area contributed by atoms with Gasteiger partial charge < -0.3 is 9.64 Å². The van der Waals surface area contributed by atoms with E-state index >= 15 is 0 Å². The molecule has 0 spiro atoms. The number of methoxy groups -OCH3 is 1. The number of hydrogen-bond donors (Lipinski definition) is 0. The number of carbonyl (C=O) groups is 1. The fourth-order valence-electron chi connectivity index (χ4n) is 2.56. The maximum atomic E-state index is 12.1. The minimum Gasteiger partial charge on any atom is -0.384 e. The summed E-state index contributed by atoms with van der Waals surface area (Å²) in [7, 11) is -1.72. The molecule has 1 amide bonds. The number of nitrogens with zero attached hydrogens (tertiary/aromatic N) is 3. The summed E-state index contributed by atoms with van der Waals surface area (Å²) in [4.78, 5) is 13.7. The van der Waals surface area contributed by atoms with E-state index in [-0.39, 0.29) is 11.8 Å². The number of carbonyl (C=O) groups excluding carboxylic acids is 1. The number of aromatic nitrogens is 2. The second-order valence-corrected chi connectivity index (χ2v) is 7.52. The Morgan fingerprint density at radius 1 is 1.52 bits per heavy atom. The zero-order valence-electron chi connectivity index (χ0n) is 12.6. The van der Waals surface area contributed by atoms with Crippen LogP contribution in [0.4, 0.5) is 0 Å². The van der Waals surface area contributed by atoms with Gasteiger partial charge in [-0.05, 0) is 6.92 Å². The van der Waals surface area contributed by atoms with Crippen LogP contribution in [0.5, 0.6) is 0 Å². The predicted octanol–water partition coefficient (Wildman–Crippen LogP) is 0.0198. The fraction of sp³-hybridized carbons (Fsp3) is 0.692. The van der Waals surface area contributed by atoms with Crippen LogP contribution in [0, 0.1) is 0 Å². The van der Waals surface area contributed by atoms with Crippen LogP contribution in [-0.2, 0) is 32.5 Å². The zero-order chi connectivity index (χ0) is 15.6. The summed E-state index contributed by atoms with van der Waals surface area (Å²) in [5.41, 5.74) is 1.91. The summed E-state index contributed by atoms with van der Waals surface area (Å²) in [5.74, 6) is -0.811. The summed E-state index contributed by atoms with van der Waals surface area (Å²) < 4.78 is 29.6. The molecule has 1 atom stereocenters. The van der Waals surface area contributed by atoms with E-state index in [1.54, 1.807) is 12.0 Å². The number of fused-ring (bicyclic) bond motifs is 1. The van der Waals surface area contributed by atoms with Crippen LogP contribution in [0.15, 0.2) is 6.20 Å². The van der Waals surface area contributed by atoms with Crippen molar-refractivity contribution in [1.29, 1.82) is 0 Å². The molecule has 1 aromatic heterocycles. The summed E-state index contributed by atoms with van der Waals surface area (Å²) in [6, 6.07) is 0. The first kappa shape index (κ1) is 16.0. The van der Waals surface area contributed by atoms with Crippen LogP contribution in [0.25, 0.3) is 0 Å². The molecule has 8 heteroatoms. The molecule has 21 heavy (non-hydrogen) atoms. The van der Waals surface area contributed by atoms with Gasteiger partial charge in [-0.2, -0.15) is 5.10 Å². The van der Waals surface area contributed by atoms with E-state index in [2.05, 4.69) is 5.10 Å². The fourth-order valence-corrected chi connectivity index (χ4v) is 3.19. The van der Waals surface area contributed by atoms with Gasteiger partial charge in [0.1, 0.15) is 5.75 Å². The topological polar surface area (TPSA) is 81.5 Å². The molecule has 0 fully saturated rings. The second-order valence-electron chi connectivity index (χ2n) is 5.38. The zero-order valence-corrected chi connectivity index (χ0v) is 13.4. The van der Waals surface area contributed by atoms with Crippen molar-refractivity contribution in [3.8, 4) is 0 Å². The van der Waals surface area contributed by atoms with Crippen LogP contribution < -0.4 is 0 Å². The largest absolute Gasteiger partial charge is 0.384 e. The number of hydrogen-bond acceptors (Lipinski definition) is 5. The molecule has 0 unspecified atom stereocenters. The van der Waals surface area contributed by atoms with Gasteiger partial charge in [-0.3, -0.25) is 9.48 Å².